The highest BCUT2D eigenvalue weighted by molar-refractivity contribution is 8.13. The summed E-state index contributed by atoms with van der Waals surface area (Å²) >= 11 is 0. The lowest BCUT2D eigenvalue weighted by atomic mass is 11.0. The normalized spacial score (nSPS) is 31.9. The highest BCUT2D eigenvalue weighted by atomic mass is 30.2. The van der Waals surface area contributed by atoms with Gasteiger partial charge in [0.05, 0.1) is 0 Å². The summed E-state index contributed by atoms with van der Waals surface area (Å²) in [6.45, 7) is 31.8. The van der Waals surface area contributed by atoms with Crippen LogP contribution in [0.25, 0.3) is 0 Å². The lowest BCUT2D eigenvalue weighted by Crippen LogP contribution is -3.01. The van der Waals surface area contributed by atoms with Crippen molar-refractivity contribution in [1.82, 2.24) is 0 Å². The molecule has 7 heteroatoms. The van der Waals surface area contributed by atoms with Gasteiger partial charge in [-0.25, -0.2) is 0 Å². The Bertz CT molecular complexity index is 366. The van der Waals surface area contributed by atoms with E-state index in [0.29, 0.717) is 0 Å². The minimum absolute atomic E-state index is 0.981. The summed E-state index contributed by atoms with van der Waals surface area (Å²) in [5.41, 5.74) is 0. The van der Waals surface area contributed by atoms with E-state index >= 15 is 0 Å². The molecule has 1 saturated heterocycles. The first-order valence-electron chi connectivity index (χ1n) is 8.56. The maximum atomic E-state index is 2.94. The third kappa shape index (κ3) is 1.89. The van der Waals surface area contributed by atoms with Crippen LogP contribution < -0.4 is 0 Å². The number of hydrogen-bond acceptors (Lipinski definition) is 0. The second-order valence-electron chi connectivity index (χ2n) is 10.2. The van der Waals surface area contributed by atoms with Gasteiger partial charge in [-0.1, -0.05) is 84.1 Å². The smallest absolute Gasteiger partial charge is 0.0334 e. The van der Waals surface area contributed by atoms with Gasteiger partial charge in [0.1, 0.15) is 0 Å². The summed E-state index contributed by atoms with van der Waals surface area (Å²) in [5.74, 6) is 0. The van der Waals surface area contributed by atoms with Crippen LogP contribution >= 0.6 is 0 Å². The van der Waals surface area contributed by atoms with Crippen molar-refractivity contribution in [3.05, 3.63) is 0 Å². The maximum absolute atomic E-state index is 2.94. The van der Waals surface area contributed by atoms with Crippen molar-refractivity contribution >= 4 is 52.9 Å². The predicted octanol–water partition coefficient (Wildman–Crippen LogP) is 3.87. The summed E-state index contributed by atoms with van der Waals surface area (Å²) in [6.07, 6.45) is 0. The molecule has 0 unspecified atom stereocenters. The Kier molecular flexibility index (Phi) is 4.90. The van der Waals surface area contributed by atoms with Crippen LogP contribution in [0.2, 0.25) is 84.1 Å². The van der Waals surface area contributed by atoms with Crippen LogP contribution in [-0.2, 0) is 0 Å². The quantitative estimate of drug-likeness (QED) is 0.625. The van der Waals surface area contributed by atoms with E-state index < -0.39 is 42.7 Å². The van der Waals surface area contributed by atoms with Gasteiger partial charge in [0.15, 0.2) is 0 Å². The summed E-state index contributed by atoms with van der Waals surface area (Å²) < 4.78 is 0. The van der Waals surface area contributed by atoms with E-state index in [4.69, 9.17) is 0 Å². The average molecular weight is 393 g/mol. The van der Waals surface area contributed by atoms with Crippen molar-refractivity contribution in [3.8, 4) is 0 Å². The average Bonchev–Trinajstić information content (AvgIpc) is 2.26. The molecule has 120 valence electrons. The Labute approximate surface area is 136 Å². The molecule has 1 aliphatic heterocycles. The Morgan fingerprint density at radius 2 is 0.750 bits per heavy atom. The van der Waals surface area contributed by atoms with Gasteiger partial charge in [0.2, 0.25) is 0 Å². The predicted molar refractivity (Wildman–Crippen MR) is 119 cm³/mol. The second kappa shape index (κ2) is 5.01. The summed E-state index contributed by atoms with van der Waals surface area (Å²) in [4.78, 5) is 0. The fourth-order valence-corrected chi connectivity index (χ4v) is 258. The topological polar surface area (TPSA) is 0 Å². The van der Waals surface area contributed by atoms with Gasteiger partial charge in [0.25, 0.3) is 0 Å². The number of hydrogen-bond donors (Lipinski definition) is 0. The molecule has 0 amide bonds. The van der Waals surface area contributed by atoms with Gasteiger partial charge in [-0.15, -0.1) is 0 Å². The molecule has 0 nitrogen and oxygen atoms in total. The van der Waals surface area contributed by atoms with E-state index in [1.54, 1.807) is 12.1 Å². The van der Waals surface area contributed by atoms with Gasteiger partial charge in [-0.2, -0.15) is 0 Å². The van der Waals surface area contributed by atoms with Crippen molar-refractivity contribution in [2.45, 2.75) is 84.1 Å². The molecule has 0 atom stereocenters. The Hall–Kier alpha value is 1.52. The zero-order valence-corrected chi connectivity index (χ0v) is 24.4. The van der Waals surface area contributed by atoms with Crippen LogP contribution in [0.1, 0.15) is 0 Å². The Morgan fingerprint density at radius 1 is 0.500 bits per heavy atom. The van der Waals surface area contributed by atoms with Gasteiger partial charge in [-0.3, -0.25) is 0 Å². The molecular formula is C13H40Si7. The summed E-state index contributed by atoms with van der Waals surface area (Å²) in [6, 6.07) is 3.33. The summed E-state index contributed by atoms with van der Waals surface area (Å²) in [7, 11) is -4.50. The molecule has 0 bridgehead atoms. The molecule has 0 N–H and O–H groups in total. The Morgan fingerprint density at radius 3 is 1.00 bits per heavy atom. The monoisotopic (exact) mass is 392 g/mol. The highest BCUT2D eigenvalue weighted by Gasteiger charge is 2.76. The molecule has 1 rings (SSSR count). The lowest BCUT2D eigenvalue weighted by molar-refractivity contribution is 1.39. The molecule has 0 aliphatic carbocycles. The fourth-order valence-electron chi connectivity index (χ4n) is 5.63. The van der Waals surface area contributed by atoms with Crippen LogP contribution in [0.3, 0.4) is 0 Å². The van der Waals surface area contributed by atoms with E-state index in [2.05, 4.69) is 72.0 Å². The zero-order chi connectivity index (χ0) is 16.4. The molecule has 0 spiro atoms. The van der Waals surface area contributed by atoms with Gasteiger partial charge in [-0.05, 0) is 0 Å². The second-order valence-corrected chi connectivity index (χ2v) is 83.7. The first-order valence-corrected chi connectivity index (χ1v) is 33.7. The van der Waals surface area contributed by atoms with Crippen molar-refractivity contribution in [1.29, 1.82) is 0 Å². The van der Waals surface area contributed by atoms with Crippen LogP contribution in [0, 0.1) is 0 Å². The van der Waals surface area contributed by atoms with Gasteiger partial charge < -0.3 is 0 Å². The molecule has 0 saturated carbocycles. The van der Waals surface area contributed by atoms with E-state index in [9.17, 15) is 0 Å². The minimum Gasteiger partial charge on any atom is -0.0735 e. The number of rotatable bonds is 2. The zero-order valence-electron chi connectivity index (χ0n) is 16.4. The highest BCUT2D eigenvalue weighted by Crippen LogP contribution is 2.52. The maximum Gasteiger partial charge on any atom is 0.0334 e. The van der Waals surface area contributed by atoms with Crippen molar-refractivity contribution < 1.29 is 0 Å². The van der Waals surface area contributed by atoms with Crippen LogP contribution in [0.15, 0.2) is 0 Å². The first-order chi connectivity index (χ1) is 8.56. The SMILES string of the molecule is C[Si]1(C)[Si](C)(C)[Si](C)(C)[Si](C)(CC[SiH3])[Si](C)(C)[Si]1(C)C. The first kappa shape index (κ1) is 19.6. The molecule has 1 fully saturated rings. The van der Waals surface area contributed by atoms with Gasteiger partial charge >= 0.3 is 0 Å². The summed E-state index contributed by atoms with van der Waals surface area (Å²) in [5, 5.41) is 0. The van der Waals surface area contributed by atoms with Crippen LogP contribution in [0.5, 0.6) is 0 Å². The molecule has 1 aliphatic rings. The van der Waals surface area contributed by atoms with Crippen molar-refractivity contribution in [2.24, 2.45) is 0 Å². The molecule has 20 heavy (non-hydrogen) atoms. The van der Waals surface area contributed by atoms with Gasteiger partial charge in [0, 0.05) is 52.9 Å². The Balaban J connectivity index is 3.73. The van der Waals surface area contributed by atoms with E-state index in [1.807, 2.05) is 0 Å². The third-order valence-corrected chi connectivity index (χ3v) is 166. The standard InChI is InChI=1S/C13H40Si7/c1-15(2)16(3,4)18(7,8)20(11,13-12-14)19(9,10)17(15,5)6/h12-13H2,1-11,14H3. The minimum atomic E-state index is -0.994. The third-order valence-electron chi connectivity index (χ3n) is 9.76. The molecule has 0 aromatic carbocycles. The lowest BCUT2D eigenvalue weighted by Gasteiger charge is -2.73. The van der Waals surface area contributed by atoms with Crippen molar-refractivity contribution in [2.75, 3.05) is 0 Å². The molecule has 0 aromatic heterocycles. The molecule has 1 heterocycles. The van der Waals surface area contributed by atoms with Crippen molar-refractivity contribution in [3.63, 3.8) is 0 Å². The van der Waals surface area contributed by atoms with E-state index in [-0.39, 0.29) is 0 Å². The largest absolute Gasteiger partial charge is 0.0735 e. The molecule has 0 aromatic rings. The molecular weight excluding hydrogens is 353 g/mol. The van der Waals surface area contributed by atoms with E-state index in [1.165, 1.54) is 10.2 Å². The van der Waals surface area contributed by atoms with Crippen LogP contribution in [0.4, 0.5) is 0 Å². The fraction of sp³-hybridized carbons (Fsp3) is 1.00. The molecule has 0 radical (unpaired) electrons. The van der Waals surface area contributed by atoms with E-state index in [0.717, 1.165) is 0 Å². The van der Waals surface area contributed by atoms with Crippen LogP contribution in [-0.4, -0.2) is 52.9 Å².